The molecule has 0 saturated heterocycles. The first kappa shape index (κ1) is 74.1. The van der Waals surface area contributed by atoms with Crippen molar-refractivity contribution in [1.29, 1.82) is 0 Å². The van der Waals surface area contributed by atoms with Crippen LogP contribution in [0.3, 0.4) is 0 Å². The number of aryl methyl sites for hydroxylation is 1. The molecule has 0 bridgehead atoms. The molecule has 101 heavy (non-hydrogen) atoms. The van der Waals surface area contributed by atoms with Crippen molar-refractivity contribution in [3.8, 4) is 51.7 Å². The fourth-order valence-electron chi connectivity index (χ4n) is 9.51. The summed E-state index contributed by atoms with van der Waals surface area (Å²) in [6, 6.07) is 69.5. The minimum Gasteiger partial charge on any atom is -0.476 e. The van der Waals surface area contributed by atoms with Gasteiger partial charge >= 0.3 is 45.5 Å². The van der Waals surface area contributed by atoms with Gasteiger partial charge in [-0.25, -0.2) is 0 Å². The Kier molecular flexibility index (Phi) is 24.7. The monoisotopic (exact) mass is 1470 g/mol. The number of hydrogen-bond acceptors (Lipinski definition) is 18. The maximum absolute atomic E-state index is 7.48. The van der Waals surface area contributed by atoms with Crippen LogP contribution in [0.1, 0.15) is 60.5 Å². The van der Waals surface area contributed by atoms with Crippen molar-refractivity contribution in [1.82, 2.24) is 0 Å². The quantitative estimate of drug-likeness (QED) is 0.0216. The van der Waals surface area contributed by atoms with Gasteiger partial charge in [-0.1, -0.05) is 199 Å². The molecule has 10 rings (SSSR count). The summed E-state index contributed by atoms with van der Waals surface area (Å²) in [4.78, 5) is 0. The third-order valence-corrected chi connectivity index (χ3v) is 32.7. The van der Waals surface area contributed by atoms with Crippen LogP contribution in [-0.2, 0) is 13.6 Å². The van der Waals surface area contributed by atoms with Gasteiger partial charge in [-0.15, -0.1) is 18.1 Å². The Morgan fingerprint density at radius 1 is 0.337 bits per heavy atom. The Morgan fingerprint density at radius 2 is 0.624 bits per heavy atom. The zero-order valence-electron chi connectivity index (χ0n) is 57.5. The number of allylic oxidation sites excluding steroid dienone is 12. The molecule has 0 aliphatic carbocycles. The van der Waals surface area contributed by atoms with E-state index in [0.29, 0.717) is 63.9 Å². The van der Waals surface area contributed by atoms with E-state index in [-0.39, 0.29) is 11.5 Å². The van der Waals surface area contributed by atoms with E-state index >= 15 is 0 Å². The number of hydrogen-bond donors (Lipinski definition) is 0. The van der Waals surface area contributed by atoms with Crippen molar-refractivity contribution in [2.24, 2.45) is 27.1 Å². The number of ether oxygens (including phenoxy) is 2. The van der Waals surface area contributed by atoms with E-state index in [9.17, 15) is 0 Å². The predicted molar refractivity (Wildman–Crippen MR) is 413 cm³/mol. The summed E-state index contributed by atoms with van der Waals surface area (Å²) in [5, 5.41) is -3.10. The van der Waals surface area contributed by atoms with Crippen molar-refractivity contribution in [3.63, 3.8) is 0 Å². The zero-order valence-corrected chi connectivity index (χ0v) is 62.8. The summed E-state index contributed by atoms with van der Waals surface area (Å²) >= 11 is 0. The minimum atomic E-state index is -4.40. The Balaban J connectivity index is 1.23. The van der Waals surface area contributed by atoms with Gasteiger partial charge in [0.1, 0.15) is 69.0 Å². The molecule has 522 valence electrons. The lowest BCUT2D eigenvalue weighted by molar-refractivity contribution is 0.182. The van der Waals surface area contributed by atoms with Crippen molar-refractivity contribution >= 4 is 45.5 Å². The molecular weight excluding hydrogens is 1390 g/mol. The van der Waals surface area contributed by atoms with Crippen LogP contribution in [0, 0.1) is 6.92 Å². The van der Waals surface area contributed by atoms with E-state index < -0.39 is 56.2 Å². The van der Waals surface area contributed by atoms with E-state index in [2.05, 4.69) is 19.7 Å². The molecule has 0 amide bonds. The standard InChI is InChI=1S/C77H82N6O12P6/c1-12-18-42-68(41-17-6)86-96(78-98(88-66(37-13-2)38-14-3,90-69-45-27-20-28-46-69)82-100(79-96,91-70-47-29-21-30-48-70)92-71-49-31-22-32-50-71)77(10,11)85-65-59-61-75(62-60-65)95-99(89-67(39-15-4)40-16-5)80-97(87-74-57-55-63(7)56-58-74,76(8,9)84-64-43-25-19-26-44-64)81-101(83-99,93-72-51-33-23-34-52-72)94-73-53-35-24-36-54-73/h13-62H,2,4,6,12H2,1,3,5,7-11H3/b38-14-,40-16-,42-18-,66-37+,67-39+,68-41+. The van der Waals surface area contributed by atoms with Crippen molar-refractivity contribution in [2.45, 2.75) is 72.5 Å². The predicted octanol–water partition coefficient (Wildman–Crippen LogP) is 27.0. The average Bonchev–Trinajstić information content (AvgIpc) is 0.722. The van der Waals surface area contributed by atoms with E-state index in [1.165, 1.54) is 0 Å². The Labute approximate surface area is 594 Å². The molecule has 24 heteroatoms. The Morgan fingerprint density at radius 3 is 0.990 bits per heavy atom. The van der Waals surface area contributed by atoms with Crippen LogP contribution in [0.25, 0.3) is 0 Å². The molecule has 0 aromatic heterocycles. The molecule has 8 aromatic rings. The number of para-hydroxylation sites is 6. The highest BCUT2D eigenvalue weighted by Crippen LogP contribution is 2.85. The van der Waals surface area contributed by atoms with Gasteiger partial charge in [-0.2, -0.15) is 0 Å². The summed E-state index contributed by atoms with van der Waals surface area (Å²) in [5.41, 5.74) is 0.995. The van der Waals surface area contributed by atoms with Crippen LogP contribution in [0.5, 0.6) is 51.7 Å². The molecule has 2 heterocycles. The summed E-state index contributed by atoms with van der Waals surface area (Å²) in [5.74, 6) is 4.22. The minimum absolute atomic E-state index is 0.217. The second kappa shape index (κ2) is 33.7. The average molecular weight is 1470 g/mol. The molecule has 0 saturated carbocycles. The van der Waals surface area contributed by atoms with E-state index in [0.717, 1.165) is 5.56 Å². The highest BCUT2D eigenvalue weighted by atomic mass is 31.3. The number of nitrogens with zero attached hydrogens (tertiary/aromatic N) is 6. The van der Waals surface area contributed by atoms with Gasteiger partial charge < -0.3 is 54.7 Å². The Hall–Kier alpha value is -9.60. The van der Waals surface area contributed by atoms with Crippen LogP contribution >= 0.6 is 45.5 Å². The fraction of sp³-hybridized carbons (Fsp3) is 0.143. The molecule has 0 fully saturated rings. The second-order valence-corrected chi connectivity index (χ2v) is 37.4. The molecule has 18 nitrogen and oxygen atoms in total. The van der Waals surface area contributed by atoms with Crippen molar-refractivity contribution < 1.29 is 54.7 Å². The first-order chi connectivity index (χ1) is 48.8. The summed E-state index contributed by atoms with van der Waals surface area (Å²) in [6.07, 6.45) is 21.5. The molecule has 2 aliphatic rings. The fourth-order valence-corrected chi connectivity index (χ4v) is 30.9. The number of rotatable bonds is 33. The third-order valence-electron chi connectivity index (χ3n) is 14.1. The molecule has 0 radical (unpaired) electrons. The summed E-state index contributed by atoms with van der Waals surface area (Å²) in [7, 11) is -25.5. The van der Waals surface area contributed by atoms with Gasteiger partial charge in [-0.3, -0.25) is 0 Å². The van der Waals surface area contributed by atoms with E-state index in [1.807, 2.05) is 225 Å². The van der Waals surface area contributed by atoms with E-state index in [4.69, 9.17) is 81.8 Å². The smallest absolute Gasteiger partial charge is 0.458 e. The highest BCUT2D eigenvalue weighted by Gasteiger charge is 2.57. The first-order valence-electron chi connectivity index (χ1n) is 32.4. The highest BCUT2D eigenvalue weighted by molar-refractivity contribution is 7.81. The lowest BCUT2D eigenvalue weighted by atomic mass is 10.2. The Bertz CT molecular complexity index is 4650. The SMILES string of the molecule is C=C/C=C(\C=C/C)OP1(Oc2ccccc2)=NP(Oc2ccccc2)(Oc2ccccc2)=NP(OC(/C=C\CC)=C/C=C)(C(C)(C)Oc2ccc(OP3(OC(/C=C\C)=C/C=C)=NP(Oc4ccccc4)(Oc4ccccc4)=NP(Oc4ccc(C)cc4)(C(C)(C)Oc4ccccc4)=N3)cc2)=N1. The third kappa shape index (κ3) is 19.3. The van der Waals surface area contributed by atoms with Crippen LogP contribution in [0.2, 0.25) is 0 Å². The van der Waals surface area contributed by atoms with Crippen molar-refractivity contribution in [3.05, 3.63) is 346 Å². The van der Waals surface area contributed by atoms with Crippen LogP contribution in [0.4, 0.5) is 0 Å². The van der Waals surface area contributed by atoms with Crippen LogP contribution in [-0.4, -0.2) is 10.7 Å². The van der Waals surface area contributed by atoms with Gasteiger partial charge in [0.05, 0.1) is 0 Å². The van der Waals surface area contributed by atoms with Gasteiger partial charge in [0.25, 0.3) is 0 Å². The normalized spacial score (nSPS) is 20.3. The largest absolute Gasteiger partial charge is 0.476 e. The molecule has 2 aliphatic heterocycles. The lowest BCUT2D eigenvalue weighted by Gasteiger charge is -2.40. The van der Waals surface area contributed by atoms with E-state index in [1.54, 1.807) is 134 Å². The lowest BCUT2D eigenvalue weighted by Crippen LogP contribution is -2.31. The second-order valence-electron chi connectivity index (χ2n) is 23.0. The molecular formula is C77H82N6O12P6. The van der Waals surface area contributed by atoms with Gasteiger partial charge in [0.15, 0.2) is 10.7 Å². The maximum atomic E-state index is 7.48. The van der Waals surface area contributed by atoms with Crippen molar-refractivity contribution in [2.75, 3.05) is 0 Å². The molecule has 0 spiro atoms. The topological polar surface area (TPSA) is 185 Å². The van der Waals surface area contributed by atoms with Crippen LogP contribution in [0.15, 0.2) is 368 Å². The maximum Gasteiger partial charge on any atom is 0.458 e. The first-order valence-corrected chi connectivity index (χ1v) is 41.7. The molecule has 0 N–H and O–H groups in total. The number of benzene rings is 8. The molecule has 8 aromatic carbocycles. The van der Waals surface area contributed by atoms with Crippen LogP contribution < -0.4 is 41.1 Å². The summed E-state index contributed by atoms with van der Waals surface area (Å²) in [6.45, 7) is 27.3. The zero-order chi connectivity index (χ0) is 71.3. The van der Waals surface area contributed by atoms with Gasteiger partial charge in [0.2, 0.25) is 0 Å². The molecule has 4 atom stereocenters. The summed E-state index contributed by atoms with van der Waals surface area (Å²) < 4.78 is 121. The van der Waals surface area contributed by atoms with Gasteiger partial charge in [-0.05, 0) is 201 Å². The molecule has 4 unspecified atom stereocenters. The van der Waals surface area contributed by atoms with Gasteiger partial charge in [0, 0.05) is 0 Å².